The summed E-state index contributed by atoms with van der Waals surface area (Å²) in [5.74, 6) is 0. The molecule has 4 nitrogen and oxygen atoms in total. The van der Waals surface area contributed by atoms with Crippen LogP contribution in [0, 0.1) is 0 Å². The molecule has 0 aromatic carbocycles. The van der Waals surface area contributed by atoms with Gasteiger partial charge in [-0.15, -0.1) is 10.2 Å². The summed E-state index contributed by atoms with van der Waals surface area (Å²) in [6, 6.07) is 1.98. The Hall–Kier alpha value is -1.01. The van der Waals surface area contributed by atoms with Gasteiger partial charge in [-0.2, -0.15) is 0 Å². The summed E-state index contributed by atoms with van der Waals surface area (Å²) in [4.78, 5) is 6.03. The molecule has 0 amide bonds. The summed E-state index contributed by atoms with van der Waals surface area (Å²) in [6.45, 7) is 0. The molecule has 0 aliphatic rings. The molecule has 0 spiro atoms. The van der Waals surface area contributed by atoms with Crippen LogP contribution in [0.25, 0.3) is 10.6 Å². The van der Waals surface area contributed by atoms with Crippen LogP contribution in [-0.2, 0) is 0 Å². The number of pyridine rings is 1. The van der Waals surface area contributed by atoms with Gasteiger partial charge in [-0.25, -0.2) is 0 Å². The highest BCUT2D eigenvalue weighted by Crippen LogP contribution is 2.28. The molecule has 0 saturated carbocycles. The third-order valence-corrected chi connectivity index (χ3v) is 3.32. The lowest BCUT2D eigenvalue weighted by Gasteiger charge is -2.03. The molecule has 0 unspecified atom stereocenters. The highest BCUT2D eigenvalue weighted by molar-refractivity contribution is 9.10. The Kier molecular flexibility index (Phi) is 2.97. The molecule has 2 aromatic heterocycles. The van der Waals surface area contributed by atoms with Crippen molar-refractivity contribution in [2.75, 3.05) is 19.0 Å². The number of aromatic nitrogens is 3. The first-order valence-electron chi connectivity index (χ1n) is 4.28. The molecule has 0 radical (unpaired) electrons. The van der Waals surface area contributed by atoms with Crippen molar-refractivity contribution in [2.45, 2.75) is 0 Å². The van der Waals surface area contributed by atoms with Crippen molar-refractivity contribution in [3.8, 4) is 10.6 Å². The van der Waals surface area contributed by atoms with E-state index in [0.29, 0.717) is 0 Å². The third-order valence-electron chi connectivity index (χ3n) is 1.75. The number of nitrogens with zero attached hydrogens (tertiary/aromatic N) is 4. The zero-order chi connectivity index (χ0) is 10.8. The standard InChI is InChI=1S/C9H9BrN4S/c1-14(2)9-13-12-8(15-9)6-3-7(10)5-11-4-6/h3-5H,1-2H3. The fourth-order valence-electron chi connectivity index (χ4n) is 1.04. The molecule has 2 rings (SSSR count). The first kappa shape index (κ1) is 10.5. The van der Waals surface area contributed by atoms with E-state index in [4.69, 9.17) is 0 Å². The monoisotopic (exact) mass is 284 g/mol. The van der Waals surface area contributed by atoms with Crippen LogP contribution in [0.4, 0.5) is 5.13 Å². The maximum absolute atomic E-state index is 4.11. The van der Waals surface area contributed by atoms with E-state index >= 15 is 0 Å². The van der Waals surface area contributed by atoms with Crippen molar-refractivity contribution in [1.29, 1.82) is 0 Å². The minimum absolute atomic E-state index is 0.882. The molecular formula is C9H9BrN4S. The Bertz CT molecular complexity index is 469. The van der Waals surface area contributed by atoms with E-state index in [1.165, 1.54) is 0 Å². The highest BCUT2D eigenvalue weighted by Gasteiger charge is 2.08. The predicted octanol–water partition coefficient (Wildman–Crippen LogP) is 2.43. The van der Waals surface area contributed by atoms with Crippen LogP contribution < -0.4 is 4.90 Å². The van der Waals surface area contributed by atoms with Gasteiger partial charge in [-0.05, 0) is 22.0 Å². The average Bonchev–Trinajstić information content (AvgIpc) is 2.66. The topological polar surface area (TPSA) is 41.9 Å². The summed E-state index contributed by atoms with van der Waals surface area (Å²) in [7, 11) is 3.90. The summed E-state index contributed by atoms with van der Waals surface area (Å²) < 4.78 is 0.946. The molecule has 0 aliphatic carbocycles. The van der Waals surface area contributed by atoms with Crippen molar-refractivity contribution in [3.63, 3.8) is 0 Å². The van der Waals surface area contributed by atoms with Gasteiger partial charge >= 0.3 is 0 Å². The molecule has 0 saturated heterocycles. The van der Waals surface area contributed by atoms with Gasteiger partial charge in [0.2, 0.25) is 5.13 Å². The first-order valence-corrected chi connectivity index (χ1v) is 5.89. The molecule has 15 heavy (non-hydrogen) atoms. The van der Waals surface area contributed by atoms with Gasteiger partial charge in [0.25, 0.3) is 0 Å². The minimum atomic E-state index is 0.882. The second-order valence-corrected chi connectivity index (χ2v) is 5.05. The van der Waals surface area contributed by atoms with Crippen LogP contribution in [-0.4, -0.2) is 29.3 Å². The highest BCUT2D eigenvalue weighted by atomic mass is 79.9. The Morgan fingerprint density at radius 1 is 1.27 bits per heavy atom. The molecule has 0 N–H and O–H groups in total. The molecule has 6 heteroatoms. The van der Waals surface area contributed by atoms with Crippen LogP contribution in [0.5, 0.6) is 0 Å². The SMILES string of the molecule is CN(C)c1nnc(-c2cncc(Br)c2)s1. The molecule has 2 aromatic rings. The third kappa shape index (κ3) is 2.32. The summed E-state index contributed by atoms with van der Waals surface area (Å²) in [6.07, 6.45) is 3.53. The average molecular weight is 285 g/mol. The molecule has 0 aliphatic heterocycles. The number of anilines is 1. The second-order valence-electron chi connectivity index (χ2n) is 3.18. The molecule has 2 heterocycles. The lowest BCUT2D eigenvalue weighted by atomic mass is 10.3. The zero-order valence-corrected chi connectivity index (χ0v) is 10.7. The Morgan fingerprint density at radius 2 is 2.07 bits per heavy atom. The van der Waals surface area contributed by atoms with E-state index in [2.05, 4.69) is 31.1 Å². The molecule has 0 bridgehead atoms. The molecule has 0 atom stereocenters. The summed E-state index contributed by atoms with van der Waals surface area (Å²) >= 11 is 4.92. The van der Waals surface area contributed by atoms with Crippen molar-refractivity contribution >= 4 is 32.4 Å². The van der Waals surface area contributed by atoms with Crippen LogP contribution in [0.15, 0.2) is 22.9 Å². The van der Waals surface area contributed by atoms with Gasteiger partial charge < -0.3 is 4.90 Å². The van der Waals surface area contributed by atoms with E-state index in [1.54, 1.807) is 23.7 Å². The van der Waals surface area contributed by atoms with E-state index in [-0.39, 0.29) is 0 Å². The van der Waals surface area contributed by atoms with E-state index in [1.807, 2.05) is 25.1 Å². The van der Waals surface area contributed by atoms with Crippen LogP contribution in [0.2, 0.25) is 0 Å². The molecule has 78 valence electrons. The van der Waals surface area contributed by atoms with Crippen molar-refractivity contribution in [1.82, 2.24) is 15.2 Å². The Labute approximate surface area is 100 Å². The summed E-state index contributed by atoms with van der Waals surface area (Å²) in [5.41, 5.74) is 0.981. The van der Waals surface area contributed by atoms with Crippen molar-refractivity contribution < 1.29 is 0 Å². The lowest BCUT2D eigenvalue weighted by Crippen LogP contribution is -2.07. The van der Waals surface area contributed by atoms with Gasteiger partial charge in [0.1, 0.15) is 0 Å². The zero-order valence-electron chi connectivity index (χ0n) is 8.31. The lowest BCUT2D eigenvalue weighted by molar-refractivity contribution is 1.02. The normalized spacial score (nSPS) is 10.3. The van der Waals surface area contributed by atoms with Gasteiger partial charge in [-0.1, -0.05) is 11.3 Å². The maximum atomic E-state index is 4.11. The molecule has 0 fully saturated rings. The van der Waals surface area contributed by atoms with Gasteiger partial charge in [0.05, 0.1) is 0 Å². The van der Waals surface area contributed by atoms with Crippen LogP contribution in [0.1, 0.15) is 0 Å². The van der Waals surface area contributed by atoms with Gasteiger partial charge in [0, 0.05) is 36.5 Å². The Morgan fingerprint density at radius 3 is 2.67 bits per heavy atom. The number of hydrogen-bond donors (Lipinski definition) is 0. The minimum Gasteiger partial charge on any atom is -0.353 e. The predicted molar refractivity (Wildman–Crippen MR) is 65.2 cm³/mol. The number of halogens is 1. The van der Waals surface area contributed by atoms with Crippen molar-refractivity contribution in [3.05, 3.63) is 22.9 Å². The maximum Gasteiger partial charge on any atom is 0.208 e. The van der Waals surface area contributed by atoms with Crippen molar-refractivity contribution in [2.24, 2.45) is 0 Å². The largest absolute Gasteiger partial charge is 0.353 e. The van der Waals surface area contributed by atoms with E-state index in [0.717, 1.165) is 20.2 Å². The summed E-state index contributed by atoms with van der Waals surface area (Å²) in [5, 5.41) is 9.96. The second kappa shape index (κ2) is 4.24. The first-order chi connectivity index (χ1) is 7.16. The van der Waals surface area contributed by atoms with Crippen LogP contribution in [0.3, 0.4) is 0 Å². The van der Waals surface area contributed by atoms with Gasteiger partial charge in [0.15, 0.2) is 5.01 Å². The fourth-order valence-corrected chi connectivity index (χ4v) is 2.15. The quantitative estimate of drug-likeness (QED) is 0.850. The van der Waals surface area contributed by atoms with Gasteiger partial charge in [-0.3, -0.25) is 4.98 Å². The number of rotatable bonds is 2. The van der Waals surface area contributed by atoms with E-state index < -0.39 is 0 Å². The molecular weight excluding hydrogens is 276 g/mol. The van der Waals surface area contributed by atoms with Crippen LogP contribution >= 0.6 is 27.3 Å². The smallest absolute Gasteiger partial charge is 0.208 e. The number of hydrogen-bond acceptors (Lipinski definition) is 5. The fraction of sp³-hybridized carbons (Fsp3) is 0.222. The van der Waals surface area contributed by atoms with E-state index in [9.17, 15) is 0 Å². The Balaban J connectivity index is 2.37.